The van der Waals surface area contributed by atoms with Crippen LogP contribution in [-0.2, 0) is 11.3 Å². The highest BCUT2D eigenvalue weighted by Crippen LogP contribution is 2.26. The molecule has 0 unspecified atom stereocenters. The molecule has 10 heteroatoms. The Balaban J connectivity index is 1.57. The first-order chi connectivity index (χ1) is 14.1. The van der Waals surface area contributed by atoms with Gasteiger partial charge in [-0.25, -0.2) is 9.20 Å². The molecule has 148 valence electrons. The Labute approximate surface area is 169 Å². The first-order valence-electron chi connectivity index (χ1n) is 8.59. The zero-order chi connectivity index (χ0) is 20.4. The number of anilines is 1. The zero-order valence-corrected chi connectivity index (χ0v) is 16.5. The summed E-state index contributed by atoms with van der Waals surface area (Å²) in [6.07, 6.45) is 1.41. The number of thiophene rings is 1. The Morgan fingerprint density at radius 2 is 1.93 bits per heavy atom. The molecule has 0 radical (unpaired) electrons. The van der Waals surface area contributed by atoms with Crippen molar-refractivity contribution < 1.29 is 14.3 Å². The molecule has 0 fully saturated rings. The lowest BCUT2D eigenvalue weighted by molar-refractivity contribution is -0.117. The van der Waals surface area contributed by atoms with Crippen molar-refractivity contribution in [3.8, 4) is 22.1 Å². The molecule has 0 bridgehead atoms. The lowest BCUT2D eigenvalue weighted by Gasteiger charge is -2.10. The van der Waals surface area contributed by atoms with Crippen LogP contribution >= 0.6 is 11.3 Å². The largest absolute Gasteiger partial charge is 0.497 e. The van der Waals surface area contributed by atoms with Gasteiger partial charge in [0.2, 0.25) is 5.91 Å². The molecule has 3 heterocycles. The van der Waals surface area contributed by atoms with Gasteiger partial charge in [0.1, 0.15) is 35.6 Å². The molecule has 1 amide bonds. The van der Waals surface area contributed by atoms with Gasteiger partial charge in [-0.1, -0.05) is 6.07 Å². The minimum absolute atomic E-state index is 0.242. The van der Waals surface area contributed by atoms with Crippen molar-refractivity contribution in [1.82, 2.24) is 19.4 Å². The van der Waals surface area contributed by atoms with Gasteiger partial charge in [-0.3, -0.25) is 9.59 Å². The molecule has 3 aromatic heterocycles. The maximum absolute atomic E-state index is 12.7. The minimum atomic E-state index is -0.405. The van der Waals surface area contributed by atoms with Crippen molar-refractivity contribution in [2.75, 3.05) is 19.5 Å². The minimum Gasteiger partial charge on any atom is -0.497 e. The summed E-state index contributed by atoms with van der Waals surface area (Å²) in [7, 11) is 3.05. The number of rotatable bonds is 6. The standard InChI is InChI=1S/C19H17N5O4S/c1-27-13-6-12(7-14(8-13)28-2)21-18(25)10-23-19(26)16-9-15(17-4-3-5-29-17)22-24(16)11-20-23/h3-9,11H,10H2,1-2H3,(H,21,25). The van der Waals surface area contributed by atoms with Crippen LogP contribution in [0.4, 0.5) is 5.69 Å². The number of aromatic nitrogens is 4. The first-order valence-corrected chi connectivity index (χ1v) is 9.47. The second-order valence-electron chi connectivity index (χ2n) is 6.08. The number of nitrogens with zero attached hydrogens (tertiary/aromatic N) is 4. The number of fused-ring (bicyclic) bond motifs is 1. The Kier molecular flexibility index (Phi) is 5.00. The van der Waals surface area contributed by atoms with Gasteiger partial charge in [0.25, 0.3) is 5.56 Å². The second-order valence-corrected chi connectivity index (χ2v) is 7.03. The third-order valence-corrected chi connectivity index (χ3v) is 5.08. The molecule has 0 saturated heterocycles. The van der Waals surface area contributed by atoms with Crippen molar-refractivity contribution in [2.24, 2.45) is 0 Å². The van der Waals surface area contributed by atoms with E-state index in [0.717, 1.165) is 9.56 Å². The summed E-state index contributed by atoms with van der Waals surface area (Å²) in [5, 5.41) is 13.1. The predicted molar refractivity (Wildman–Crippen MR) is 109 cm³/mol. The van der Waals surface area contributed by atoms with E-state index in [0.29, 0.717) is 28.4 Å². The van der Waals surface area contributed by atoms with E-state index in [9.17, 15) is 9.59 Å². The molecule has 0 aliphatic carbocycles. The second kappa shape index (κ2) is 7.76. The summed E-state index contributed by atoms with van der Waals surface area (Å²) in [5.74, 6) is 0.672. The number of methoxy groups -OCH3 is 2. The monoisotopic (exact) mass is 411 g/mol. The predicted octanol–water partition coefficient (Wildman–Crippen LogP) is 2.28. The molecule has 0 aliphatic rings. The molecule has 1 N–H and O–H groups in total. The van der Waals surface area contributed by atoms with Gasteiger partial charge in [-0.2, -0.15) is 10.2 Å². The van der Waals surface area contributed by atoms with Crippen molar-refractivity contribution in [2.45, 2.75) is 6.54 Å². The van der Waals surface area contributed by atoms with Gasteiger partial charge in [0.05, 0.1) is 19.1 Å². The van der Waals surface area contributed by atoms with E-state index in [1.54, 1.807) is 24.3 Å². The average Bonchev–Trinajstić information content (AvgIpc) is 3.39. The Hall–Kier alpha value is -3.66. The molecular weight excluding hydrogens is 394 g/mol. The van der Waals surface area contributed by atoms with Crippen molar-refractivity contribution in [3.63, 3.8) is 0 Å². The van der Waals surface area contributed by atoms with Gasteiger partial charge in [0, 0.05) is 23.9 Å². The SMILES string of the molecule is COc1cc(NC(=O)Cn2ncn3nc(-c4cccs4)cc3c2=O)cc(OC)c1. The third kappa shape index (κ3) is 3.83. The molecule has 0 aliphatic heterocycles. The van der Waals surface area contributed by atoms with Crippen LogP contribution in [0, 0.1) is 0 Å². The number of carbonyl (C=O) groups is 1. The van der Waals surface area contributed by atoms with Crippen LogP contribution in [0.1, 0.15) is 0 Å². The molecule has 9 nitrogen and oxygen atoms in total. The summed E-state index contributed by atoms with van der Waals surface area (Å²) >= 11 is 1.53. The van der Waals surface area contributed by atoms with E-state index in [2.05, 4.69) is 15.5 Å². The van der Waals surface area contributed by atoms with Crippen molar-refractivity contribution in [3.05, 3.63) is 58.5 Å². The first kappa shape index (κ1) is 18.7. The normalized spacial score (nSPS) is 10.8. The van der Waals surface area contributed by atoms with Crippen molar-refractivity contribution in [1.29, 1.82) is 0 Å². The van der Waals surface area contributed by atoms with E-state index in [-0.39, 0.29) is 6.54 Å². The molecule has 0 saturated carbocycles. The van der Waals surface area contributed by atoms with Crippen LogP contribution in [0.2, 0.25) is 0 Å². The zero-order valence-electron chi connectivity index (χ0n) is 15.7. The summed E-state index contributed by atoms with van der Waals surface area (Å²) < 4.78 is 12.9. The van der Waals surface area contributed by atoms with Gasteiger partial charge in [-0.15, -0.1) is 11.3 Å². The van der Waals surface area contributed by atoms with Crippen LogP contribution in [0.25, 0.3) is 16.1 Å². The third-order valence-electron chi connectivity index (χ3n) is 4.19. The molecule has 4 rings (SSSR count). The molecular formula is C19H17N5O4S. The quantitative estimate of drug-likeness (QED) is 0.523. The topological polar surface area (TPSA) is 99.8 Å². The fraction of sp³-hybridized carbons (Fsp3) is 0.158. The maximum Gasteiger partial charge on any atom is 0.293 e. The number of benzene rings is 1. The summed E-state index contributed by atoms with van der Waals surface area (Å²) in [4.78, 5) is 26.1. The number of hydrogen-bond acceptors (Lipinski definition) is 7. The Morgan fingerprint density at radius 3 is 2.59 bits per heavy atom. The van der Waals surface area contributed by atoms with Crippen LogP contribution in [0.5, 0.6) is 11.5 Å². The van der Waals surface area contributed by atoms with Crippen LogP contribution in [0.3, 0.4) is 0 Å². The smallest absolute Gasteiger partial charge is 0.293 e. The number of amides is 1. The number of carbonyl (C=O) groups excluding carboxylic acids is 1. The highest BCUT2D eigenvalue weighted by molar-refractivity contribution is 7.13. The number of ether oxygens (including phenoxy) is 2. The lowest BCUT2D eigenvalue weighted by Crippen LogP contribution is -2.30. The summed E-state index contributed by atoms with van der Waals surface area (Å²) in [6, 6.07) is 10.5. The van der Waals surface area contributed by atoms with Gasteiger partial charge in [-0.05, 0) is 17.5 Å². The van der Waals surface area contributed by atoms with Crippen LogP contribution in [-0.4, -0.2) is 39.5 Å². The molecule has 4 aromatic rings. The van der Waals surface area contributed by atoms with Gasteiger partial charge in [0.15, 0.2) is 0 Å². The molecule has 0 atom stereocenters. The Morgan fingerprint density at radius 1 is 1.17 bits per heavy atom. The Bertz CT molecular complexity index is 1210. The highest BCUT2D eigenvalue weighted by atomic mass is 32.1. The van der Waals surface area contributed by atoms with Crippen molar-refractivity contribution >= 4 is 28.4 Å². The fourth-order valence-corrected chi connectivity index (χ4v) is 3.49. The number of nitrogens with one attached hydrogen (secondary N) is 1. The highest BCUT2D eigenvalue weighted by Gasteiger charge is 2.13. The maximum atomic E-state index is 12.7. The van der Waals surface area contributed by atoms with Crippen LogP contribution in [0.15, 0.2) is 52.9 Å². The summed E-state index contributed by atoms with van der Waals surface area (Å²) in [6.45, 7) is -0.242. The molecule has 1 aromatic carbocycles. The fourth-order valence-electron chi connectivity index (χ4n) is 2.81. The summed E-state index contributed by atoms with van der Waals surface area (Å²) in [5.41, 5.74) is 1.12. The molecule has 29 heavy (non-hydrogen) atoms. The number of hydrogen-bond donors (Lipinski definition) is 1. The van der Waals surface area contributed by atoms with Gasteiger partial charge >= 0.3 is 0 Å². The van der Waals surface area contributed by atoms with E-state index in [1.165, 1.54) is 36.4 Å². The lowest BCUT2D eigenvalue weighted by atomic mass is 10.2. The van der Waals surface area contributed by atoms with E-state index in [1.807, 2.05) is 17.5 Å². The van der Waals surface area contributed by atoms with E-state index < -0.39 is 11.5 Å². The van der Waals surface area contributed by atoms with E-state index in [4.69, 9.17) is 9.47 Å². The molecule has 0 spiro atoms. The van der Waals surface area contributed by atoms with E-state index >= 15 is 0 Å². The van der Waals surface area contributed by atoms with Gasteiger partial charge < -0.3 is 14.8 Å². The average molecular weight is 411 g/mol. The van der Waals surface area contributed by atoms with Crippen LogP contribution < -0.4 is 20.3 Å².